The minimum Gasteiger partial charge on any atom is -0.338 e. The highest BCUT2D eigenvalue weighted by atomic mass is 19.4. The van der Waals surface area contributed by atoms with Crippen LogP contribution in [0.2, 0.25) is 0 Å². The molecule has 0 spiro atoms. The van der Waals surface area contributed by atoms with Gasteiger partial charge in [-0.05, 0) is 6.42 Å². The molecule has 2 N–H and O–H groups in total. The van der Waals surface area contributed by atoms with Crippen molar-refractivity contribution in [2.45, 2.75) is 44.8 Å². The Hall–Kier alpha value is -1.11. The van der Waals surface area contributed by atoms with E-state index in [1.54, 1.807) is 0 Å². The predicted octanol–water partition coefficient (Wildman–Crippen LogP) is 2.36. The summed E-state index contributed by atoms with van der Waals surface area (Å²) in [5.41, 5.74) is 5.68. The zero-order valence-corrected chi connectivity index (χ0v) is 8.92. The fraction of sp³-hybridized carbons (Fsp3) is 0.778. The third-order valence-corrected chi connectivity index (χ3v) is 2.03. The first kappa shape index (κ1) is 13.0. The summed E-state index contributed by atoms with van der Waals surface area (Å²) in [5, 5.41) is 3.46. The Balaban J connectivity index is 2.51. The number of aromatic nitrogens is 2. The van der Waals surface area contributed by atoms with Crippen LogP contribution in [0, 0.1) is 0 Å². The molecule has 0 bridgehead atoms. The molecule has 4 nitrogen and oxygen atoms in total. The fourth-order valence-corrected chi connectivity index (χ4v) is 1.21. The van der Waals surface area contributed by atoms with Gasteiger partial charge in [0.25, 0.3) is 0 Å². The second-order valence-corrected chi connectivity index (χ2v) is 3.56. The number of nitrogens with zero attached hydrogens (tertiary/aromatic N) is 2. The first-order valence-electron chi connectivity index (χ1n) is 5.07. The summed E-state index contributed by atoms with van der Waals surface area (Å²) in [7, 11) is 0. The maximum atomic E-state index is 11.9. The molecule has 0 radical (unpaired) electrons. The van der Waals surface area contributed by atoms with E-state index in [-0.39, 0.29) is 18.1 Å². The lowest BCUT2D eigenvalue weighted by molar-refractivity contribution is -0.134. The van der Waals surface area contributed by atoms with Gasteiger partial charge in [0.1, 0.15) is 0 Å². The Bertz CT molecular complexity index is 324. The standard InChI is InChI=1S/C9H14F3N3O/c1-2-3-6(13)8-14-7(15-16-8)4-5-9(10,11)12/h6H,2-5,13H2,1H3/t6-/m0/s1. The maximum Gasteiger partial charge on any atom is 0.389 e. The van der Waals surface area contributed by atoms with E-state index < -0.39 is 18.6 Å². The Morgan fingerprint density at radius 1 is 1.44 bits per heavy atom. The quantitative estimate of drug-likeness (QED) is 0.853. The summed E-state index contributed by atoms with van der Waals surface area (Å²) < 4.78 is 40.5. The highest BCUT2D eigenvalue weighted by molar-refractivity contribution is 4.92. The average Bonchev–Trinajstić information content (AvgIpc) is 2.62. The Labute approximate surface area is 91.0 Å². The minimum absolute atomic E-state index is 0.0545. The molecule has 1 atom stereocenters. The van der Waals surface area contributed by atoms with E-state index in [0.29, 0.717) is 6.42 Å². The molecular weight excluding hydrogens is 223 g/mol. The Morgan fingerprint density at radius 3 is 2.69 bits per heavy atom. The molecule has 1 heterocycles. The second-order valence-electron chi connectivity index (χ2n) is 3.56. The van der Waals surface area contributed by atoms with Gasteiger partial charge in [-0.3, -0.25) is 0 Å². The largest absolute Gasteiger partial charge is 0.389 e. The van der Waals surface area contributed by atoms with E-state index in [4.69, 9.17) is 10.3 Å². The molecule has 0 fully saturated rings. The minimum atomic E-state index is -4.20. The van der Waals surface area contributed by atoms with Gasteiger partial charge in [-0.15, -0.1) is 0 Å². The van der Waals surface area contributed by atoms with Crippen molar-refractivity contribution in [3.8, 4) is 0 Å². The van der Waals surface area contributed by atoms with Crippen molar-refractivity contribution in [2.75, 3.05) is 0 Å². The van der Waals surface area contributed by atoms with Crippen LogP contribution in [0.15, 0.2) is 4.52 Å². The summed E-state index contributed by atoms with van der Waals surface area (Å²) in [5.74, 6) is 0.262. The molecule has 0 amide bonds. The predicted molar refractivity (Wildman–Crippen MR) is 50.5 cm³/mol. The van der Waals surface area contributed by atoms with Crippen molar-refractivity contribution in [1.82, 2.24) is 10.1 Å². The van der Waals surface area contributed by atoms with Gasteiger partial charge < -0.3 is 10.3 Å². The van der Waals surface area contributed by atoms with Crippen LogP contribution in [0.4, 0.5) is 13.2 Å². The van der Waals surface area contributed by atoms with E-state index in [2.05, 4.69) is 10.1 Å². The molecule has 0 aliphatic heterocycles. The molecule has 0 saturated heterocycles. The summed E-state index contributed by atoms with van der Waals surface area (Å²) in [6.45, 7) is 1.95. The first-order chi connectivity index (χ1) is 7.42. The zero-order chi connectivity index (χ0) is 12.2. The van der Waals surface area contributed by atoms with Crippen molar-refractivity contribution in [2.24, 2.45) is 5.73 Å². The van der Waals surface area contributed by atoms with Crippen molar-refractivity contribution in [3.63, 3.8) is 0 Å². The van der Waals surface area contributed by atoms with Crippen molar-refractivity contribution in [3.05, 3.63) is 11.7 Å². The van der Waals surface area contributed by atoms with E-state index in [1.807, 2.05) is 6.92 Å². The van der Waals surface area contributed by atoms with Crippen molar-refractivity contribution in [1.29, 1.82) is 0 Å². The van der Waals surface area contributed by atoms with Crippen LogP contribution < -0.4 is 5.73 Å². The van der Waals surface area contributed by atoms with Crippen LogP contribution >= 0.6 is 0 Å². The van der Waals surface area contributed by atoms with Crippen molar-refractivity contribution >= 4 is 0 Å². The molecule has 7 heteroatoms. The molecule has 0 unspecified atom stereocenters. The van der Waals surface area contributed by atoms with E-state index in [1.165, 1.54) is 0 Å². The summed E-state index contributed by atoms with van der Waals surface area (Å²) in [6, 6.07) is -0.392. The third-order valence-electron chi connectivity index (χ3n) is 2.03. The Kier molecular flexibility index (Phi) is 4.28. The van der Waals surface area contributed by atoms with Crippen LogP contribution in [0.25, 0.3) is 0 Å². The number of nitrogens with two attached hydrogens (primary N) is 1. The first-order valence-corrected chi connectivity index (χ1v) is 5.07. The lowest BCUT2D eigenvalue weighted by atomic mass is 10.2. The lowest BCUT2D eigenvalue weighted by Crippen LogP contribution is -2.11. The second kappa shape index (κ2) is 5.29. The van der Waals surface area contributed by atoms with Gasteiger partial charge in [-0.25, -0.2) is 0 Å². The molecule has 1 aromatic rings. The van der Waals surface area contributed by atoms with Gasteiger partial charge in [-0.2, -0.15) is 18.2 Å². The van der Waals surface area contributed by atoms with Crippen molar-refractivity contribution < 1.29 is 17.7 Å². The highest BCUT2D eigenvalue weighted by Crippen LogP contribution is 2.21. The zero-order valence-electron chi connectivity index (χ0n) is 8.92. The summed E-state index contributed by atoms with van der Waals surface area (Å²) in [6.07, 6.45) is -3.91. The molecule has 0 aromatic carbocycles. The smallest absolute Gasteiger partial charge is 0.338 e. The number of halogens is 3. The summed E-state index contributed by atoms with van der Waals surface area (Å²) >= 11 is 0. The van der Waals surface area contributed by atoms with E-state index in [0.717, 1.165) is 6.42 Å². The number of rotatable bonds is 5. The van der Waals surface area contributed by atoms with Gasteiger partial charge in [0.05, 0.1) is 12.5 Å². The van der Waals surface area contributed by atoms with Gasteiger partial charge in [-0.1, -0.05) is 18.5 Å². The van der Waals surface area contributed by atoms with Crippen LogP contribution in [0.1, 0.15) is 43.9 Å². The molecule has 1 aromatic heterocycles. The molecule has 16 heavy (non-hydrogen) atoms. The average molecular weight is 237 g/mol. The van der Waals surface area contributed by atoms with E-state index >= 15 is 0 Å². The van der Waals surface area contributed by atoms with Gasteiger partial charge in [0.15, 0.2) is 5.82 Å². The molecular formula is C9H14F3N3O. The third kappa shape index (κ3) is 4.18. The topological polar surface area (TPSA) is 64.9 Å². The molecule has 92 valence electrons. The van der Waals surface area contributed by atoms with Crippen LogP contribution in [0.5, 0.6) is 0 Å². The SMILES string of the molecule is CCC[C@H](N)c1nc(CCC(F)(F)F)no1. The molecule has 0 aliphatic carbocycles. The van der Waals surface area contributed by atoms with Crippen LogP contribution in [0.3, 0.4) is 0 Å². The van der Waals surface area contributed by atoms with E-state index in [9.17, 15) is 13.2 Å². The molecule has 0 saturated carbocycles. The normalized spacial score (nSPS) is 14.1. The molecule has 1 rings (SSSR count). The van der Waals surface area contributed by atoms with Gasteiger partial charge >= 0.3 is 6.18 Å². The molecule has 0 aliphatic rings. The highest BCUT2D eigenvalue weighted by Gasteiger charge is 2.27. The number of hydrogen-bond donors (Lipinski definition) is 1. The Morgan fingerprint density at radius 2 is 2.12 bits per heavy atom. The lowest BCUT2D eigenvalue weighted by Gasteiger charge is -2.03. The van der Waals surface area contributed by atoms with Gasteiger partial charge in [0, 0.05) is 6.42 Å². The van der Waals surface area contributed by atoms with Crippen LogP contribution in [-0.4, -0.2) is 16.3 Å². The van der Waals surface area contributed by atoms with Crippen LogP contribution in [-0.2, 0) is 6.42 Å². The number of alkyl halides is 3. The number of hydrogen-bond acceptors (Lipinski definition) is 4. The summed E-state index contributed by atoms with van der Waals surface area (Å²) in [4.78, 5) is 3.83. The number of aryl methyl sites for hydroxylation is 1. The maximum absolute atomic E-state index is 11.9. The van der Waals surface area contributed by atoms with Gasteiger partial charge in [0.2, 0.25) is 5.89 Å². The fourth-order valence-electron chi connectivity index (χ4n) is 1.21. The monoisotopic (exact) mass is 237 g/mol.